The second-order valence-corrected chi connectivity index (χ2v) is 5.31. The molecule has 1 atom stereocenters. The predicted octanol–water partition coefficient (Wildman–Crippen LogP) is 3.66. The van der Waals surface area contributed by atoms with Crippen LogP contribution in [0, 0.1) is 0 Å². The SMILES string of the molecule is CCOc1ccc(NC(=S)N2CCCC[C@@H]2C)cc1. The smallest absolute Gasteiger partial charge is 0.173 e. The van der Waals surface area contributed by atoms with Crippen LogP contribution in [-0.2, 0) is 0 Å². The highest BCUT2D eigenvalue weighted by molar-refractivity contribution is 7.80. The van der Waals surface area contributed by atoms with Crippen LogP contribution in [0.5, 0.6) is 5.75 Å². The van der Waals surface area contributed by atoms with Crippen molar-refractivity contribution >= 4 is 23.0 Å². The molecule has 1 aliphatic heterocycles. The number of benzene rings is 1. The quantitative estimate of drug-likeness (QED) is 0.853. The molecule has 0 unspecified atom stereocenters. The van der Waals surface area contributed by atoms with E-state index < -0.39 is 0 Å². The number of hydrogen-bond donors (Lipinski definition) is 1. The zero-order valence-electron chi connectivity index (χ0n) is 11.7. The Morgan fingerprint density at radius 3 is 2.74 bits per heavy atom. The molecule has 0 amide bonds. The number of likely N-dealkylation sites (tertiary alicyclic amines) is 1. The second-order valence-electron chi connectivity index (χ2n) is 4.93. The predicted molar refractivity (Wildman–Crippen MR) is 83.9 cm³/mol. The topological polar surface area (TPSA) is 24.5 Å². The molecule has 0 aliphatic carbocycles. The lowest BCUT2D eigenvalue weighted by Crippen LogP contribution is -2.44. The summed E-state index contributed by atoms with van der Waals surface area (Å²) in [5.74, 6) is 0.894. The molecule has 4 heteroatoms. The monoisotopic (exact) mass is 278 g/mol. The van der Waals surface area contributed by atoms with Crippen molar-refractivity contribution in [3.63, 3.8) is 0 Å². The van der Waals surface area contributed by atoms with Gasteiger partial charge in [-0.05, 0) is 69.6 Å². The zero-order chi connectivity index (χ0) is 13.7. The Bertz CT molecular complexity index is 419. The molecule has 1 aliphatic rings. The fourth-order valence-corrected chi connectivity index (χ4v) is 2.79. The zero-order valence-corrected chi connectivity index (χ0v) is 12.5. The first-order valence-corrected chi connectivity index (χ1v) is 7.42. The lowest BCUT2D eigenvalue weighted by atomic mass is 10.0. The number of nitrogens with one attached hydrogen (secondary N) is 1. The van der Waals surface area contributed by atoms with E-state index in [2.05, 4.69) is 17.1 Å². The number of thiocarbonyl (C=S) groups is 1. The molecule has 1 N–H and O–H groups in total. The van der Waals surface area contributed by atoms with Crippen molar-refractivity contribution in [3.8, 4) is 5.75 Å². The van der Waals surface area contributed by atoms with E-state index in [0.717, 1.165) is 23.1 Å². The van der Waals surface area contributed by atoms with E-state index in [1.807, 2.05) is 31.2 Å². The van der Waals surface area contributed by atoms with Gasteiger partial charge in [-0.15, -0.1) is 0 Å². The highest BCUT2D eigenvalue weighted by Gasteiger charge is 2.20. The van der Waals surface area contributed by atoms with Crippen LogP contribution < -0.4 is 10.1 Å². The van der Waals surface area contributed by atoms with Crippen molar-refractivity contribution in [1.29, 1.82) is 0 Å². The van der Waals surface area contributed by atoms with Gasteiger partial charge in [0.05, 0.1) is 6.61 Å². The molecule has 3 nitrogen and oxygen atoms in total. The van der Waals surface area contributed by atoms with E-state index >= 15 is 0 Å². The molecule has 1 fully saturated rings. The number of hydrogen-bond acceptors (Lipinski definition) is 2. The number of nitrogens with zero attached hydrogens (tertiary/aromatic N) is 1. The van der Waals surface area contributed by atoms with Crippen LogP contribution in [0.3, 0.4) is 0 Å². The summed E-state index contributed by atoms with van der Waals surface area (Å²) in [5, 5.41) is 4.14. The van der Waals surface area contributed by atoms with E-state index in [9.17, 15) is 0 Å². The van der Waals surface area contributed by atoms with Crippen LogP contribution in [0.25, 0.3) is 0 Å². The van der Waals surface area contributed by atoms with Gasteiger partial charge in [-0.3, -0.25) is 0 Å². The van der Waals surface area contributed by atoms with Gasteiger partial charge in [0.25, 0.3) is 0 Å². The van der Waals surface area contributed by atoms with Gasteiger partial charge < -0.3 is 15.0 Å². The molecule has 19 heavy (non-hydrogen) atoms. The average molecular weight is 278 g/mol. The lowest BCUT2D eigenvalue weighted by Gasteiger charge is -2.35. The Kier molecular flexibility index (Phi) is 5.02. The van der Waals surface area contributed by atoms with Crippen molar-refractivity contribution in [3.05, 3.63) is 24.3 Å². The van der Waals surface area contributed by atoms with Crippen molar-refractivity contribution in [2.45, 2.75) is 39.2 Å². The summed E-state index contributed by atoms with van der Waals surface area (Å²) >= 11 is 5.50. The highest BCUT2D eigenvalue weighted by atomic mass is 32.1. The van der Waals surface area contributed by atoms with Crippen LogP contribution >= 0.6 is 12.2 Å². The van der Waals surface area contributed by atoms with E-state index in [-0.39, 0.29) is 0 Å². The largest absolute Gasteiger partial charge is 0.494 e. The van der Waals surface area contributed by atoms with Crippen LogP contribution in [0.1, 0.15) is 33.1 Å². The van der Waals surface area contributed by atoms with E-state index in [0.29, 0.717) is 12.6 Å². The van der Waals surface area contributed by atoms with Gasteiger partial charge in [-0.25, -0.2) is 0 Å². The standard InChI is InChI=1S/C15H22N2OS/c1-3-18-14-9-7-13(8-10-14)16-15(19)17-11-5-4-6-12(17)2/h7-10,12H,3-6,11H2,1-2H3,(H,16,19)/t12-/m0/s1. The Morgan fingerprint density at radius 1 is 1.37 bits per heavy atom. The van der Waals surface area contributed by atoms with Gasteiger partial charge in [0.2, 0.25) is 0 Å². The molecule has 0 saturated carbocycles. The Labute approximate surface area is 120 Å². The van der Waals surface area contributed by atoms with E-state index in [1.165, 1.54) is 19.3 Å². The minimum absolute atomic E-state index is 0.538. The summed E-state index contributed by atoms with van der Waals surface area (Å²) in [6.07, 6.45) is 3.77. The normalized spacial score (nSPS) is 19.1. The molecule has 0 spiro atoms. The van der Waals surface area contributed by atoms with Crippen molar-refractivity contribution in [2.24, 2.45) is 0 Å². The third kappa shape index (κ3) is 3.83. The van der Waals surface area contributed by atoms with Gasteiger partial charge in [-0.2, -0.15) is 0 Å². The van der Waals surface area contributed by atoms with E-state index in [1.54, 1.807) is 0 Å². The molecule has 0 aromatic heterocycles. The summed E-state index contributed by atoms with van der Waals surface area (Å²) in [5.41, 5.74) is 1.02. The first-order chi connectivity index (χ1) is 9.20. The average Bonchev–Trinajstić information content (AvgIpc) is 2.42. The van der Waals surface area contributed by atoms with Crippen molar-refractivity contribution < 1.29 is 4.74 Å². The third-order valence-corrected chi connectivity index (χ3v) is 3.82. The summed E-state index contributed by atoms with van der Waals surface area (Å²) in [7, 11) is 0. The molecular formula is C15H22N2OS. The molecule has 1 aromatic carbocycles. The maximum Gasteiger partial charge on any atom is 0.173 e. The van der Waals surface area contributed by atoms with Gasteiger partial charge >= 0.3 is 0 Å². The Hall–Kier alpha value is -1.29. The minimum Gasteiger partial charge on any atom is -0.494 e. The molecule has 0 radical (unpaired) electrons. The first-order valence-electron chi connectivity index (χ1n) is 7.01. The third-order valence-electron chi connectivity index (χ3n) is 3.48. The number of rotatable bonds is 3. The summed E-state index contributed by atoms with van der Waals surface area (Å²) in [6.45, 7) is 5.98. The fraction of sp³-hybridized carbons (Fsp3) is 0.533. The van der Waals surface area contributed by atoms with Crippen LogP contribution in [0.4, 0.5) is 5.69 Å². The van der Waals surface area contributed by atoms with Crippen LogP contribution in [0.15, 0.2) is 24.3 Å². The van der Waals surface area contributed by atoms with Crippen molar-refractivity contribution in [2.75, 3.05) is 18.5 Å². The second kappa shape index (κ2) is 6.75. The highest BCUT2D eigenvalue weighted by Crippen LogP contribution is 2.20. The molecule has 104 valence electrons. The van der Waals surface area contributed by atoms with E-state index in [4.69, 9.17) is 17.0 Å². The fourth-order valence-electron chi connectivity index (χ4n) is 2.40. The van der Waals surface area contributed by atoms with Gasteiger partial charge in [0.1, 0.15) is 5.75 Å². The molecular weight excluding hydrogens is 256 g/mol. The Morgan fingerprint density at radius 2 is 2.11 bits per heavy atom. The van der Waals surface area contributed by atoms with Crippen molar-refractivity contribution in [1.82, 2.24) is 4.90 Å². The first kappa shape index (κ1) is 14.1. The Balaban J connectivity index is 1.94. The summed E-state index contributed by atoms with van der Waals surface area (Å²) in [6, 6.07) is 8.48. The van der Waals surface area contributed by atoms with Gasteiger partial charge in [0, 0.05) is 18.3 Å². The summed E-state index contributed by atoms with van der Waals surface area (Å²) < 4.78 is 5.43. The molecule has 1 aromatic rings. The molecule has 2 rings (SSSR count). The number of anilines is 1. The van der Waals surface area contributed by atoms with Gasteiger partial charge in [0.15, 0.2) is 5.11 Å². The summed E-state index contributed by atoms with van der Waals surface area (Å²) in [4.78, 5) is 2.29. The minimum atomic E-state index is 0.538. The number of ether oxygens (including phenoxy) is 1. The lowest BCUT2D eigenvalue weighted by molar-refractivity contribution is 0.262. The molecule has 1 heterocycles. The number of piperidine rings is 1. The van der Waals surface area contributed by atoms with Gasteiger partial charge in [-0.1, -0.05) is 0 Å². The maximum atomic E-state index is 5.50. The maximum absolute atomic E-state index is 5.50. The molecule has 1 saturated heterocycles. The van der Waals surface area contributed by atoms with Crippen LogP contribution in [0.2, 0.25) is 0 Å². The molecule has 0 bridgehead atoms. The van der Waals surface area contributed by atoms with Crippen LogP contribution in [-0.4, -0.2) is 29.2 Å².